The van der Waals surface area contributed by atoms with Crippen molar-refractivity contribution in [1.29, 1.82) is 0 Å². The predicted octanol–water partition coefficient (Wildman–Crippen LogP) is 3.47. The van der Waals surface area contributed by atoms with Gasteiger partial charge in [-0.25, -0.2) is 4.98 Å². The van der Waals surface area contributed by atoms with E-state index < -0.39 is 0 Å². The van der Waals surface area contributed by atoms with Crippen LogP contribution in [0, 0.1) is 0 Å². The average molecular weight is 329 g/mol. The Kier molecular flexibility index (Phi) is 4.43. The van der Waals surface area contributed by atoms with Crippen LogP contribution in [0.4, 0.5) is 0 Å². The number of aromatic nitrogens is 2. The molecule has 3 nitrogen and oxygen atoms in total. The molecule has 0 bridgehead atoms. The van der Waals surface area contributed by atoms with Crippen molar-refractivity contribution in [3.63, 3.8) is 0 Å². The molecule has 1 aromatic carbocycles. The van der Waals surface area contributed by atoms with Gasteiger partial charge in [0.2, 0.25) is 0 Å². The summed E-state index contributed by atoms with van der Waals surface area (Å²) in [5, 5.41) is 0.788. The Morgan fingerprint density at radius 1 is 1.39 bits per heavy atom. The summed E-state index contributed by atoms with van der Waals surface area (Å²) in [5.74, 6) is 1.05. The van der Waals surface area contributed by atoms with Gasteiger partial charge < -0.3 is 4.57 Å². The van der Waals surface area contributed by atoms with E-state index >= 15 is 0 Å². The Hall–Kier alpha value is -0.840. The number of benzene rings is 1. The highest BCUT2D eigenvalue weighted by Crippen LogP contribution is 2.22. The third-order valence-electron chi connectivity index (χ3n) is 2.79. The standard InChI is InChI=1S/C13H15BrClN3/c1-17(9-13-16-5-6-18(13)2)8-10-3-4-11(14)7-12(10)15/h3-7H,8-9H2,1-2H3. The first kappa shape index (κ1) is 13.6. The number of halogens is 2. The molecule has 0 N–H and O–H groups in total. The first-order valence-electron chi connectivity index (χ1n) is 5.65. The van der Waals surface area contributed by atoms with E-state index in [-0.39, 0.29) is 0 Å². The lowest BCUT2D eigenvalue weighted by Gasteiger charge is -2.17. The molecule has 0 amide bonds. The van der Waals surface area contributed by atoms with Gasteiger partial charge in [0.05, 0.1) is 6.54 Å². The Morgan fingerprint density at radius 3 is 2.78 bits per heavy atom. The van der Waals surface area contributed by atoms with Crippen molar-refractivity contribution in [2.24, 2.45) is 7.05 Å². The lowest BCUT2D eigenvalue weighted by molar-refractivity contribution is 0.307. The van der Waals surface area contributed by atoms with Gasteiger partial charge in [-0.15, -0.1) is 0 Å². The van der Waals surface area contributed by atoms with Gasteiger partial charge in [-0.3, -0.25) is 4.90 Å². The number of rotatable bonds is 4. The van der Waals surface area contributed by atoms with Gasteiger partial charge in [-0.2, -0.15) is 0 Å². The average Bonchev–Trinajstić information content (AvgIpc) is 2.69. The molecule has 0 fully saturated rings. The molecule has 0 atom stereocenters. The minimum absolute atomic E-state index is 0.788. The third-order valence-corrected chi connectivity index (χ3v) is 3.63. The molecular weight excluding hydrogens is 314 g/mol. The fourth-order valence-electron chi connectivity index (χ4n) is 1.79. The smallest absolute Gasteiger partial charge is 0.122 e. The lowest BCUT2D eigenvalue weighted by atomic mass is 10.2. The first-order chi connectivity index (χ1) is 8.56. The van der Waals surface area contributed by atoms with Gasteiger partial charge in [-0.05, 0) is 24.7 Å². The van der Waals surface area contributed by atoms with Crippen LogP contribution >= 0.6 is 27.5 Å². The molecule has 2 aromatic rings. The van der Waals surface area contributed by atoms with Crippen LogP contribution in [0.3, 0.4) is 0 Å². The van der Waals surface area contributed by atoms with Crippen molar-refractivity contribution in [1.82, 2.24) is 14.5 Å². The molecule has 0 saturated carbocycles. The van der Waals surface area contributed by atoms with Gasteiger partial charge in [0.15, 0.2) is 0 Å². The van der Waals surface area contributed by atoms with E-state index in [9.17, 15) is 0 Å². The van der Waals surface area contributed by atoms with Gasteiger partial charge in [0, 0.05) is 35.5 Å². The zero-order chi connectivity index (χ0) is 13.1. The summed E-state index contributed by atoms with van der Waals surface area (Å²) in [6.07, 6.45) is 3.77. The molecule has 2 rings (SSSR count). The van der Waals surface area contributed by atoms with Gasteiger partial charge in [-0.1, -0.05) is 33.6 Å². The Balaban J connectivity index is 2.03. The van der Waals surface area contributed by atoms with Crippen molar-refractivity contribution >= 4 is 27.5 Å². The predicted molar refractivity (Wildman–Crippen MR) is 77.5 cm³/mol. The van der Waals surface area contributed by atoms with Crippen LogP contribution in [0.15, 0.2) is 35.1 Å². The van der Waals surface area contributed by atoms with E-state index in [0.717, 1.165) is 34.0 Å². The minimum atomic E-state index is 0.788. The van der Waals surface area contributed by atoms with Crippen LogP contribution in [0.5, 0.6) is 0 Å². The molecule has 5 heteroatoms. The molecule has 0 radical (unpaired) electrons. The first-order valence-corrected chi connectivity index (χ1v) is 6.82. The Morgan fingerprint density at radius 2 is 2.17 bits per heavy atom. The van der Waals surface area contributed by atoms with E-state index in [1.807, 2.05) is 42.2 Å². The maximum Gasteiger partial charge on any atom is 0.122 e. The molecular formula is C13H15BrClN3. The lowest BCUT2D eigenvalue weighted by Crippen LogP contribution is -2.19. The molecule has 1 heterocycles. The molecule has 0 spiro atoms. The van der Waals surface area contributed by atoms with Gasteiger partial charge in [0.25, 0.3) is 0 Å². The monoisotopic (exact) mass is 327 g/mol. The second-order valence-corrected chi connectivity index (χ2v) is 5.69. The highest BCUT2D eigenvalue weighted by Gasteiger charge is 2.08. The maximum absolute atomic E-state index is 6.21. The number of aryl methyl sites for hydroxylation is 1. The maximum atomic E-state index is 6.21. The molecule has 0 saturated heterocycles. The molecule has 0 unspecified atom stereocenters. The van der Waals surface area contributed by atoms with Crippen molar-refractivity contribution in [2.75, 3.05) is 7.05 Å². The Bertz CT molecular complexity index is 539. The van der Waals surface area contributed by atoms with Crippen LogP contribution in [0.25, 0.3) is 0 Å². The fraction of sp³-hybridized carbons (Fsp3) is 0.308. The molecule has 18 heavy (non-hydrogen) atoms. The molecule has 0 aliphatic rings. The third kappa shape index (κ3) is 3.34. The number of imidazole rings is 1. The summed E-state index contributed by atoms with van der Waals surface area (Å²) in [6, 6.07) is 5.97. The molecule has 96 valence electrons. The van der Waals surface area contributed by atoms with E-state index in [4.69, 9.17) is 11.6 Å². The van der Waals surface area contributed by atoms with E-state index in [0.29, 0.717) is 0 Å². The summed E-state index contributed by atoms with van der Waals surface area (Å²) >= 11 is 9.62. The summed E-state index contributed by atoms with van der Waals surface area (Å²) in [6.45, 7) is 1.61. The van der Waals surface area contributed by atoms with Crippen molar-refractivity contribution in [2.45, 2.75) is 13.1 Å². The van der Waals surface area contributed by atoms with Crippen LogP contribution in [0.1, 0.15) is 11.4 Å². The second kappa shape index (κ2) is 5.87. The normalized spacial score (nSPS) is 11.2. The van der Waals surface area contributed by atoms with E-state index in [2.05, 4.69) is 32.9 Å². The van der Waals surface area contributed by atoms with Gasteiger partial charge >= 0.3 is 0 Å². The number of hydrogen-bond acceptors (Lipinski definition) is 2. The van der Waals surface area contributed by atoms with Crippen molar-refractivity contribution in [3.05, 3.63) is 51.5 Å². The van der Waals surface area contributed by atoms with Crippen LogP contribution in [-0.2, 0) is 20.1 Å². The largest absolute Gasteiger partial charge is 0.337 e. The molecule has 0 aliphatic heterocycles. The topological polar surface area (TPSA) is 21.1 Å². The minimum Gasteiger partial charge on any atom is -0.337 e. The van der Waals surface area contributed by atoms with Crippen molar-refractivity contribution in [3.8, 4) is 0 Å². The van der Waals surface area contributed by atoms with Crippen molar-refractivity contribution < 1.29 is 0 Å². The summed E-state index contributed by atoms with van der Waals surface area (Å²) in [4.78, 5) is 6.51. The fourth-order valence-corrected chi connectivity index (χ4v) is 2.52. The summed E-state index contributed by atoms with van der Waals surface area (Å²) in [5.41, 5.74) is 1.12. The zero-order valence-electron chi connectivity index (χ0n) is 10.4. The highest BCUT2D eigenvalue weighted by molar-refractivity contribution is 9.10. The van der Waals surface area contributed by atoms with Crippen LogP contribution < -0.4 is 0 Å². The Labute approximate surface area is 121 Å². The van der Waals surface area contributed by atoms with Crippen LogP contribution in [-0.4, -0.2) is 21.5 Å². The zero-order valence-corrected chi connectivity index (χ0v) is 12.7. The highest BCUT2D eigenvalue weighted by atomic mass is 79.9. The van der Waals surface area contributed by atoms with E-state index in [1.54, 1.807) is 0 Å². The van der Waals surface area contributed by atoms with Gasteiger partial charge in [0.1, 0.15) is 5.82 Å². The quantitative estimate of drug-likeness (QED) is 0.857. The molecule has 0 aliphatic carbocycles. The van der Waals surface area contributed by atoms with E-state index in [1.165, 1.54) is 0 Å². The summed E-state index contributed by atoms with van der Waals surface area (Å²) in [7, 11) is 4.07. The second-order valence-electron chi connectivity index (χ2n) is 4.36. The number of nitrogens with zero attached hydrogens (tertiary/aromatic N) is 3. The van der Waals surface area contributed by atoms with Crippen LogP contribution in [0.2, 0.25) is 5.02 Å². The number of hydrogen-bond donors (Lipinski definition) is 0. The SMILES string of the molecule is CN(Cc1ccc(Br)cc1Cl)Cc1nccn1C. The summed E-state index contributed by atoms with van der Waals surface area (Å²) < 4.78 is 3.03. The molecule has 1 aromatic heterocycles.